The lowest BCUT2D eigenvalue weighted by atomic mass is 10.3. The molecule has 0 spiro atoms. The summed E-state index contributed by atoms with van der Waals surface area (Å²) in [6.07, 6.45) is 4.25. The van der Waals surface area contributed by atoms with Gasteiger partial charge in [0.2, 0.25) is 0 Å². The Balaban J connectivity index is 2.23. The SMILES string of the molecule is CS(=O)(=O)c1cccc(Oc2ncc(CN)cn2)c1. The van der Waals surface area contributed by atoms with E-state index in [1.54, 1.807) is 24.5 Å². The summed E-state index contributed by atoms with van der Waals surface area (Å²) in [5.41, 5.74) is 6.22. The molecule has 6 nitrogen and oxygen atoms in total. The van der Waals surface area contributed by atoms with Crippen molar-refractivity contribution in [2.75, 3.05) is 6.26 Å². The Morgan fingerprint density at radius 2 is 1.95 bits per heavy atom. The Morgan fingerprint density at radius 3 is 2.53 bits per heavy atom. The second-order valence-electron chi connectivity index (χ2n) is 3.93. The normalized spacial score (nSPS) is 11.3. The summed E-state index contributed by atoms with van der Waals surface area (Å²) in [4.78, 5) is 8.13. The van der Waals surface area contributed by atoms with E-state index < -0.39 is 9.84 Å². The van der Waals surface area contributed by atoms with Crippen molar-refractivity contribution in [2.45, 2.75) is 11.4 Å². The summed E-state index contributed by atoms with van der Waals surface area (Å²) in [5, 5.41) is 0. The standard InChI is InChI=1S/C12H13N3O3S/c1-19(16,17)11-4-2-3-10(5-11)18-12-14-7-9(6-13)8-15-12/h2-5,7-8H,6,13H2,1H3. The molecule has 100 valence electrons. The average Bonchev–Trinajstić information content (AvgIpc) is 2.39. The van der Waals surface area contributed by atoms with E-state index in [1.807, 2.05) is 0 Å². The molecule has 0 saturated heterocycles. The minimum atomic E-state index is -3.27. The smallest absolute Gasteiger partial charge is 0.321 e. The molecule has 19 heavy (non-hydrogen) atoms. The Hall–Kier alpha value is -1.99. The first-order valence-corrected chi connectivity index (χ1v) is 7.37. The van der Waals surface area contributed by atoms with Crippen molar-refractivity contribution in [1.29, 1.82) is 0 Å². The Morgan fingerprint density at radius 1 is 1.26 bits per heavy atom. The lowest BCUT2D eigenvalue weighted by Gasteiger charge is -2.05. The number of benzene rings is 1. The fraction of sp³-hybridized carbons (Fsp3) is 0.167. The first kappa shape index (κ1) is 13.4. The topological polar surface area (TPSA) is 95.2 Å². The van der Waals surface area contributed by atoms with Crippen LogP contribution in [-0.4, -0.2) is 24.6 Å². The van der Waals surface area contributed by atoms with Crippen molar-refractivity contribution in [3.63, 3.8) is 0 Å². The average molecular weight is 279 g/mol. The molecule has 1 aromatic heterocycles. The number of sulfone groups is 1. The second kappa shape index (κ2) is 5.33. The van der Waals surface area contributed by atoms with Gasteiger partial charge in [-0.1, -0.05) is 6.07 Å². The molecule has 0 aliphatic heterocycles. The van der Waals surface area contributed by atoms with Crippen LogP contribution in [0.4, 0.5) is 0 Å². The second-order valence-corrected chi connectivity index (χ2v) is 5.94. The van der Waals surface area contributed by atoms with Gasteiger partial charge in [-0.15, -0.1) is 0 Å². The third kappa shape index (κ3) is 3.49. The van der Waals surface area contributed by atoms with Gasteiger partial charge < -0.3 is 10.5 Å². The Kier molecular flexibility index (Phi) is 3.77. The predicted octanol–water partition coefficient (Wildman–Crippen LogP) is 1.13. The molecule has 0 atom stereocenters. The summed E-state index contributed by atoms with van der Waals surface area (Å²) >= 11 is 0. The summed E-state index contributed by atoms with van der Waals surface area (Å²) in [7, 11) is -3.27. The lowest BCUT2D eigenvalue weighted by molar-refractivity contribution is 0.439. The van der Waals surface area contributed by atoms with Crippen LogP contribution in [0.2, 0.25) is 0 Å². The number of hydrogen-bond donors (Lipinski definition) is 1. The third-order valence-electron chi connectivity index (χ3n) is 2.36. The molecule has 0 radical (unpaired) electrons. The van der Waals surface area contributed by atoms with Crippen molar-refractivity contribution in [1.82, 2.24) is 9.97 Å². The zero-order chi connectivity index (χ0) is 13.9. The molecule has 2 aromatic rings. The summed E-state index contributed by atoms with van der Waals surface area (Å²) in [6.45, 7) is 0.351. The molecule has 1 aromatic carbocycles. The maximum absolute atomic E-state index is 11.4. The van der Waals surface area contributed by atoms with E-state index in [-0.39, 0.29) is 10.9 Å². The van der Waals surface area contributed by atoms with Gasteiger partial charge in [0.15, 0.2) is 9.84 Å². The Labute approximate surface area is 111 Å². The van der Waals surface area contributed by atoms with Crippen LogP contribution in [0.3, 0.4) is 0 Å². The number of ether oxygens (including phenoxy) is 1. The van der Waals surface area contributed by atoms with Crippen LogP contribution in [0, 0.1) is 0 Å². The minimum Gasteiger partial charge on any atom is -0.424 e. The van der Waals surface area contributed by atoms with Crippen LogP contribution < -0.4 is 10.5 Å². The van der Waals surface area contributed by atoms with Gasteiger partial charge in [0.05, 0.1) is 4.90 Å². The number of aromatic nitrogens is 2. The van der Waals surface area contributed by atoms with E-state index in [4.69, 9.17) is 10.5 Å². The minimum absolute atomic E-state index is 0.142. The molecular weight excluding hydrogens is 266 g/mol. The van der Waals surface area contributed by atoms with Crippen LogP contribution >= 0.6 is 0 Å². The van der Waals surface area contributed by atoms with Gasteiger partial charge >= 0.3 is 6.01 Å². The van der Waals surface area contributed by atoms with E-state index in [0.29, 0.717) is 12.3 Å². The van der Waals surface area contributed by atoms with Crippen molar-refractivity contribution in [3.8, 4) is 11.8 Å². The number of rotatable bonds is 4. The highest BCUT2D eigenvalue weighted by atomic mass is 32.2. The van der Waals surface area contributed by atoms with Crippen LogP contribution in [0.25, 0.3) is 0 Å². The monoisotopic (exact) mass is 279 g/mol. The highest BCUT2D eigenvalue weighted by Gasteiger charge is 2.09. The third-order valence-corrected chi connectivity index (χ3v) is 3.47. The molecule has 0 unspecified atom stereocenters. The van der Waals surface area contributed by atoms with Gasteiger partial charge in [0.25, 0.3) is 0 Å². The summed E-state index contributed by atoms with van der Waals surface area (Å²) in [5.74, 6) is 0.364. The molecule has 0 saturated carbocycles. The number of hydrogen-bond acceptors (Lipinski definition) is 6. The Bertz CT molecular complexity index is 669. The molecule has 0 amide bonds. The highest BCUT2D eigenvalue weighted by Crippen LogP contribution is 2.21. The van der Waals surface area contributed by atoms with Gasteiger partial charge in [-0.25, -0.2) is 18.4 Å². The van der Waals surface area contributed by atoms with E-state index >= 15 is 0 Å². The van der Waals surface area contributed by atoms with E-state index in [9.17, 15) is 8.42 Å². The summed E-state index contributed by atoms with van der Waals surface area (Å²) < 4.78 is 28.2. The van der Waals surface area contributed by atoms with Crippen molar-refractivity contribution in [3.05, 3.63) is 42.2 Å². The highest BCUT2D eigenvalue weighted by molar-refractivity contribution is 7.90. The molecule has 0 bridgehead atoms. The fourth-order valence-corrected chi connectivity index (χ4v) is 2.03. The molecular formula is C12H13N3O3S. The maximum Gasteiger partial charge on any atom is 0.321 e. The van der Waals surface area contributed by atoms with Gasteiger partial charge in [0, 0.05) is 30.8 Å². The van der Waals surface area contributed by atoms with Crippen molar-refractivity contribution >= 4 is 9.84 Å². The number of nitrogens with zero attached hydrogens (tertiary/aromatic N) is 2. The van der Waals surface area contributed by atoms with Crippen LogP contribution in [0.15, 0.2) is 41.6 Å². The molecule has 0 aliphatic rings. The van der Waals surface area contributed by atoms with E-state index in [2.05, 4.69) is 9.97 Å². The molecule has 2 rings (SSSR count). The van der Waals surface area contributed by atoms with Crippen molar-refractivity contribution in [2.24, 2.45) is 5.73 Å². The van der Waals surface area contributed by atoms with E-state index in [0.717, 1.165) is 11.8 Å². The van der Waals surface area contributed by atoms with E-state index in [1.165, 1.54) is 12.1 Å². The zero-order valence-electron chi connectivity index (χ0n) is 10.3. The van der Waals surface area contributed by atoms with Crippen LogP contribution in [-0.2, 0) is 16.4 Å². The van der Waals surface area contributed by atoms with Crippen molar-refractivity contribution < 1.29 is 13.2 Å². The number of nitrogens with two attached hydrogens (primary N) is 1. The molecule has 0 fully saturated rings. The quantitative estimate of drug-likeness (QED) is 0.901. The van der Waals surface area contributed by atoms with Crippen LogP contribution in [0.5, 0.6) is 11.8 Å². The first-order chi connectivity index (χ1) is 8.99. The largest absolute Gasteiger partial charge is 0.424 e. The predicted molar refractivity (Wildman–Crippen MR) is 69.5 cm³/mol. The molecule has 1 heterocycles. The van der Waals surface area contributed by atoms with Crippen LogP contribution in [0.1, 0.15) is 5.56 Å². The fourth-order valence-electron chi connectivity index (χ4n) is 1.37. The molecule has 7 heteroatoms. The van der Waals surface area contributed by atoms with Gasteiger partial charge in [-0.05, 0) is 18.2 Å². The lowest BCUT2D eigenvalue weighted by Crippen LogP contribution is -2.00. The van der Waals surface area contributed by atoms with Gasteiger partial charge in [-0.2, -0.15) is 0 Å². The van der Waals surface area contributed by atoms with Gasteiger partial charge in [-0.3, -0.25) is 0 Å². The zero-order valence-corrected chi connectivity index (χ0v) is 11.1. The molecule has 0 aliphatic carbocycles. The molecule has 2 N–H and O–H groups in total. The summed E-state index contributed by atoms with van der Waals surface area (Å²) in [6, 6.07) is 6.30. The first-order valence-electron chi connectivity index (χ1n) is 5.48. The maximum atomic E-state index is 11.4. The van der Waals surface area contributed by atoms with Gasteiger partial charge in [0.1, 0.15) is 5.75 Å².